The second-order valence-corrected chi connectivity index (χ2v) is 12.0. The molecule has 5 aromatic carbocycles. The van der Waals surface area contributed by atoms with Crippen LogP contribution in [0.15, 0.2) is 112 Å². The molecular weight excluding hydrogens is 594 g/mol. The van der Waals surface area contributed by atoms with E-state index in [-0.39, 0.29) is 11.5 Å². The van der Waals surface area contributed by atoms with Crippen LogP contribution in [0.25, 0.3) is 22.3 Å². The van der Waals surface area contributed by atoms with Crippen LogP contribution in [-0.4, -0.2) is 33.7 Å². The number of nitrogens with zero attached hydrogens (tertiary/aromatic N) is 3. The Kier molecular flexibility index (Phi) is 10.9. The van der Waals surface area contributed by atoms with Gasteiger partial charge in [0.15, 0.2) is 23.2 Å². The summed E-state index contributed by atoms with van der Waals surface area (Å²) in [5, 5.41) is 32.2. The maximum absolute atomic E-state index is 11.0. The standard InChI is InChI=1S/C42H43N3O3/c1-6-14-31-24-32(37-28(4)34(15-7-2)38(46)40(48)39(37)47)22-23-35(31)36-25-33(21-20-27(36)3)41(43-5)45-42(30-18-12-9-13-19-30)44-26-29-16-10-8-11-17-29/h8-13,16-25,46-48H,5-7,14-15,26H2,1-4H3. The molecule has 48 heavy (non-hydrogen) atoms. The number of aryl methyl sites for hydroxylation is 2. The van der Waals surface area contributed by atoms with Gasteiger partial charge < -0.3 is 15.3 Å². The monoisotopic (exact) mass is 637 g/mol. The first-order valence-corrected chi connectivity index (χ1v) is 16.5. The highest BCUT2D eigenvalue weighted by molar-refractivity contribution is 6.13. The smallest absolute Gasteiger partial charge is 0.201 e. The van der Waals surface area contributed by atoms with Gasteiger partial charge in [-0.25, -0.2) is 9.98 Å². The van der Waals surface area contributed by atoms with Crippen molar-refractivity contribution in [2.24, 2.45) is 15.0 Å². The quantitative estimate of drug-likeness (QED) is 0.0808. The molecule has 0 aliphatic rings. The Labute approximate surface area is 283 Å². The van der Waals surface area contributed by atoms with Crippen molar-refractivity contribution in [2.45, 2.75) is 59.9 Å². The largest absolute Gasteiger partial charge is 0.504 e. The lowest BCUT2D eigenvalue weighted by molar-refractivity contribution is 0.365. The molecule has 6 heteroatoms. The summed E-state index contributed by atoms with van der Waals surface area (Å²) >= 11 is 0. The third-order valence-corrected chi connectivity index (χ3v) is 8.65. The first kappa shape index (κ1) is 33.9. The van der Waals surface area contributed by atoms with Crippen LogP contribution in [0.3, 0.4) is 0 Å². The Balaban J connectivity index is 1.60. The van der Waals surface area contributed by atoms with Crippen LogP contribution in [0.5, 0.6) is 17.2 Å². The molecule has 0 aliphatic heterocycles. The molecule has 5 aromatic rings. The summed E-state index contributed by atoms with van der Waals surface area (Å²) in [4.78, 5) is 14.2. The van der Waals surface area contributed by atoms with Crippen molar-refractivity contribution in [3.05, 3.63) is 136 Å². The maximum Gasteiger partial charge on any atom is 0.201 e. The Morgan fingerprint density at radius 3 is 2.02 bits per heavy atom. The van der Waals surface area contributed by atoms with Gasteiger partial charge in [-0.15, -0.1) is 0 Å². The first-order valence-electron chi connectivity index (χ1n) is 16.5. The number of hydrogen-bond donors (Lipinski definition) is 3. The Morgan fingerprint density at radius 2 is 1.35 bits per heavy atom. The lowest BCUT2D eigenvalue weighted by Crippen LogP contribution is -2.06. The molecule has 0 radical (unpaired) electrons. The number of aliphatic imine (C=N–C) groups is 3. The normalized spacial score (nSPS) is 11.9. The van der Waals surface area contributed by atoms with Gasteiger partial charge in [0, 0.05) is 22.3 Å². The molecule has 0 atom stereocenters. The zero-order valence-electron chi connectivity index (χ0n) is 28.2. The highest BCUT2D eigenvalue weighted by Gasteiger charge is 2.23. The minimum atomic E-state index is -0.477. The fourth-order valence-corrected chi connectivity index (χ4v) is 6.15. The molecule has 0 saturated heterocycles. The highest BCUT2D eigenvalue weighted by Crippen LogP contribution is 2.48. The number of phenolic OH excluding ortho intramolecular Hbond substituents is 3. The van der Waals surface area contributed by atoms with Gasteiger partial charge in [0.2, 0.25) is 5.75 Å². The Hall–Kier alpha value is -5.49. The Bertz CT molecular complexity index is 1980. The SMILES string of the molecule is C=NC(=NC(=NCc1ccccc1)c1ccccc1)c1ccc(C)c(-c2ccc(-c3c(C)c(CCC)c(O)c(O)c3O)cc2CCC)c1. The molecule has 0 bridgehead atoms. The fourth-order valence-electron chi connectivity index (χ4n) is 6.15. The van der Waals surface area contributed by atoms with Gasteiger partial charge in [-0.3, -0.25) is 4.99 Å². The summed E-state index contributed by atoms with van der Waals surface area (Å²) in [6.07, 6.45) is 3.11. The van der Waals surface area contributed by atoms with Crippen molar-refractivity contribution in [1.29, 1.82) is 0 Å². The lowest BCUT2D eigenvalue weighted by atomic mass is 9.87. The maximum atomic E-state index is 11.0. The van der Waals surface area contributed by atoms with E-state index in [0.29, 0.717) is 35.8 Å². The predicted molar refractivity (Wildman–Crippen MR) is 199 cm³/mol. The summed E-state index contributed by atoms with van der Waals surface area (Å²) in [6, 6.07) is 32.3. The molecule has 0 aliphatic carbocycles. The zero-order chi connectivity index (χ0) is 34.2. The molecule has 3 N–H and O–H groups in total. The van der Waals surface area contributed by atoms with Crippen LogP contribution in [0.1, 0.15) is 65.6 Å². The molecule has 0 fully saturated rings. The van der Waals surface area contributed by atoms with Gasteiger partial charge in [0.1, 0.15) is 0 Å². The van der Waals surface area contributed by atoms with Crippen LogP contribution < -0.4 is 0 Å². The average molecular weight is 638 g/mol. The van der Waals surface area contributed by atoms with Crippen molar-refractivity contribution >= 4 is 18.4 Å². The van der Waals surface area contributed by atoms with E-state index in [2.05, 4.69) is 49.8 Å². The number of phenols is 3. The second-order valence-electron chi connectivity index (χ2n) is 12.0. The van der Waals surface area contributed by atoms with Crippen molar-refractivity contribution in [2.75, 3.05) is 0 Å². The van der Waals surface area contributed by atoms with E-state index < -0.39 is 5.75 Å². The van der Waals surface area contributed by atoms with Crippen LogP contribution in [0, 0.1) is 13.8 Å². The van der Waals surface area contributed by atoms with Crippen LogP contribution >= 0.6 is 0 Å². The van der Waals surface area contributed by atoms with Crippen LogP contribution in [-0.2, 0) is 19.4 Å². The first-order chi connectivity index (χ1) is 23.3. The van der Waals surface area contributed by atoms with E-state index in [1.54, 1.807) is 0 Å². The predicted octanol–water partition coefficient (Wildman–Crippen LogP) is 9.75. The van der Waals surface area contributed by atoms with Gasteiger partial charge in [-0.2, -0.15) is 0 Å². The summed E-state index contributed by atoms with van der Waals surface area (Å²) in [5.41, 5.74) is 9.86. The molecular formula is C42H43N3O3. The van der Waals surface area contributed by atoms with E-state index in [4.69, 9.17) is 9.98 Å². The molecule has 0 heterocycles. The lowest BCUT2D eigenvalue weighted by Gasteiger charge is -2.19. The summed E-state index contributed by atoms with van der Waals surface area (Å²) in [6.45, 7) is 12.5. The van der Waals surface area contributed by atoms with Crippen molar-refractivity contribution in [3.8, 4) is 39.5 Å². The molecule has 0 unspecified atom stereocenters. The summed E-state index contributed by atoms with van der Waals surface area (Å²) < 4.78 is 0. The highest BCUT2D eigenvalue weighted by atomic mass is 16.3. The minimum absolute atomic E-state index is 0.248. The number of hydrogen-bond acceptors (Lipinski definition) is 4. The third kappa shape index (κ3) is 7.23. The zero-order valence-corrected chi connectivity index (χ0v) is 28.2. The van der Waals surface area contributed by atoms with Gasteiger partial charge in [0.25, 0.3) is 0 Å². The van der Waals surface area contributed by atoms with Gasteiger partial charge in [-0.05, 0) is 78.4 Å². The molecule has 0 spiro atoms. The number of amidine groups is 2. The third-order valence-electron chi connectivity index (χ3n) is 8.65. The molecule has 6 nitrogen and oxygen atoms in total. The Morgan fingerprint density at radius 1 is 0.667 bits per heavy atom. The minimum Gasteiger partial charge on any atom is -0.504 e. The van der Waals surface area contributed by atoms with Gasteiger partial charge in [-0.1, -0.05) is 118 Å². The van der Waals surface area contributed by atoms with Crippen molar-refractivity contribution < 1.29 is 15.3 Å². The summed E-state index contributed by atoms with van der Waals surface area (Å²) in [7, 11) is 0. The van der Waals surface area contributed by atoms with Crippen molar-refractivity contribution in [3.63, 3.8) is 0 Å². The molecule has 0 aromatic heterocycles. The number of aromatic hydroxyl groups is 3. The van der Waals surface area contributed by atoms with Gasteiger partial charge in [0.05, 0.1) is 6.54 Å². The van der Waals surface area contributed by atoms with E-state index in [9.17, 15) is 15.3 Å². The van der Waals surface area contributed by atoms with E-state index in [0.717, 1.165) is 69.3 Å². The molecule has 5 rings (SSSR count). The topological polar surface area (TPSA) is 97.8 Å². The number of benzene rings is 5. The molecule has 0 saturated carbocycles. The average Bonchev–Trinajstić information content (AvgIpc) is 3.11. The van der Waals surface area contributed by atoms with Gasteiger partial charge >= 0.3 is 0 Å². The summed E-state index contributed by atoms with van der Waals surface area (Å²) in [5.74, 6) is 0.0233. The van der Waals surface area contributed by atoms with Crippen molar-refractivity contribution in [1.82, 2.24) is 0 Å². The van der Waals surface area contributed by atoms with E-state index >= 15 is 0 Å². The van der Waals surface area contributed by atoms with E-state index in [1.165, 1.54) is 0 Å². The fraction of sp³-hybridized carbons (Fsp3) is 0.214. The van der Waals surface area contributed by atoms with Crippen LogP contribution in [0.4, 0.5) is 0 Å². The molecule has 0 amide bonds. The van der Waals surface area contributed by atoms with E-state index in [1.807, 2.05) is 86.6 Å². The second kappa shape index (κ2) is 15.4. The number of rotatable bonds is 10. The molecule has 244 valence electrons. The van der Waals surface area contributed by atoms with Crippen LogP contribution in [0.2, 0.25) is 0 Å².